The Balaban J connectivity index is 1.98. The molecule has 1 fully saturated rings. The lowest BCUT2D eigenvalue weighted by molar-refractivity contribution is 0.0111. The third-order valence-electron chi connectivity index (χ3n) is 3.83. The average molecular weight is 280 g/mol. The highest BCUT2D eigenvalue weighted by Crippen LogP contribution is 2.29. The summed E-state index contributed by atoms with van der Waals surface area (Å²) in [5.41, 5.74) is 1.24. The summed E-state index contributed by atoms with van der Waals surface area (Å²) >= 11 is 0. The van der Waals surface area contributed by atoms with Crippen LogP contribution in [0.15, 0.2) is 18.2 Å². The number of benzene rings is 1. The Kier molecular flexibility index (Phi) is 5.68. The molecule has 4 nitrogen and oxygen atoms in total. The second-order valence-electron chi connectivity index (χ2n) is 5.05. The van der Waals surface area contributed by atoms with Gasteiger partial charge in [-0.1, -0.05) is 13.0 Å². The fraction of sp³-hybridized carbons (Fsp3) is 0.625. The monoisotopic (exact) mass is 280 g/mol. The van der Waals surface area contributed by atoms with Crippen LogP contribution in [0, 0.1) is 5.92 Å². The molecule has 0 N–H and O–H groups in total. The van der Waals surface area contributed by atoms with Crippen molar-refractivity contribution in [3.63, 3.8) is 0 Å². The largest absolute Gasteiger partial charge is 0.493 e. The maximum absolute atomic E-state index is 5.89. The minimum atomic E-state index is 0.0630. The number of aryl methyl sites for hydroxylation is 1. The molecule has 0 amide bonds. The summed E-state index contributed by atoms with van der Waals surface area (Å²) in [7, 11) is 3.39. The number of hydrogen-bond acceptors (Lipinski definition) is 4. The SMILES string of the molecule is CCc1ccc(OCC(OC)C2CCOC2)c(OC)c1. The van der Waals surface area contributed by atoms with Gasteiger partial charge in [-0.05, 0) is 30.5 Å². The van der Waals surface area contributed by atoms with Gasteiger partial charge in [-0.25, -0.2) is 0 Å². The van der Waals surface area contributed by atoms with E-state index in [2.05, 4.69) is 13.0 Å². The summed E-state index contributed by atoms with van der Waals surface area (Å²) < 4.78 is 22.2. The van der Waals surface area contributed by atoms with Gasteiger partial charge in [0.2, 0.25) is 0 Å². The second-order valence-corrected chi connectivity index (χ2v) is 5.05. The van der Waals surface area contributed by atoms with Gasteiger partial charge in [0.1, 0.15) is 6.61 Å². The van der Waals surface area contributed by atoms with Gasteiger partial charge in [-0.3, -0.25) is 0 Å². The number of hydrogen-bond donors (Lipinski definition) is 0. The van der Waals surface area contributed by atoms with E-state index in [-0.39, 0.29) is 6.10 Å². The lowest BCUT2D eigenvalue weighted by Crippen LogP contribution is -2.29. The first-order valence-electron chi connectivity index (χ1n) is 7.18. The fourth-order valence-corrected chi connectivity index (χ4v) is 2.47. The summed E-state index contributed by atoms with van der Waals surface area (Å²) in [4.78, 5) is 0. The van der Waals surface area contributed by atoms with Crippen molar-refractivity contribution in [2.75, 3.05) is 34.0 Å². The first-order valence-corrected chi connectivity index (χ1v) is 7.18. The zero-order valence-corrected chi connectivity index (χ0v) is 12.6. The molecular weight excluding hydrogens is 256 g/mol. The summed E-state index contributed by atoms with van der Waals surface area (Å²) in [5, 5.41) is 0. The molecule has 0 saturated carbocycles. The Hall–Kier alpha value is -1.26. The molecule has 1 aromatic rings. The molecule has 0 bridgehead atoms. The minimum absolute atomic E-state index is 0.0630. The fourth-order valence-electron chi connectivity index (χ4n) is 2.47. The van der Waals surface area contributed by atoms with Crippen molar-refractivity contribution >= 4 is 0 Å². The van der Waals surface area contributed by atoms with Crippen molar-refractivity contribution in [1.29, 1.82) is 0 Å². The zero-order chi connectivity index (χ0) is 14.4. The molecule has 112 valence electrons. The molecule has 2 atom stereocenters. The van der Waals surface area contributed by atoms with Crippen LogP contribution in [0.25, 0.3) is 0 Å². The van der Waals surface area contributed by atoms with Gasteiger partial charge in [0.25, 0.3) is 0 Å². The normalized spacial score (nSPS) is 19.9. The second kappa shape index (κ2) is 7.50. The van der Waals surface area contributed by atoms with E-state index in [1.807, 2.05) is 12.1 Å². The van der Waals surface area contributed by atoms with Crippen molar-refractivity contribution in [3.05, 3.63) is 23.8 Å². The predicted octanol–water partition coefficient (Wildman–Crippen LogP) is 2.69. The molecule has 1 saturated heterocycles. The van der Waals surface area contributed by atoms with Crippen LogP contribution in [-0.4, -0.2) is 40.1 Å². The van der Waals surface area contributed by atoms with Gasteiger partial charge in [0, 0.05) is 19.6 Å². The Morgan fingerprint density at radius 1 is 1.30 bits per heavy atom. The molecular formula is C16H24O4. The van der Waals surface area contributed by atoms with E-state index >= 15 is 0 Å². The van der Waals surface area contributed by atoms with Gasteiger partial charge in [0.15, 0.2) is 11.5 Å². The molecule has 0 radical (unpaired) electrons. The van der Waals surface area contributed by atoms with Crippen LogP contribution >= 0.6 is 0 Å². The molecule has 1 aliphatic heterocycles. The maximum atomic E-state index is 5.89. The average Bonchev–Trinajstić information content (AvgIpc) is 3.02. The third-order valence-corrected chi connectivity index (χ3v) is 3.83. The van der Waals surface area contributed by atoms with E-state index < -0.39 is 0 Å². The van der Waals surface area contributed by atoms with Crippen molar-refractivity contribution in [2.45, 2.75) is 25.9 Å². The summed E-state index contributed by atoms with van der Waals surface area (Å²) in [5.74, 6) is 1.97. The topological polar surface area (TPSA) is 36.9 Å². The summed E-state index contributed by atoms with van der Waals surface area (Å²) in [6.07, 6.45) is 2.08. The Morgan fingerprint density at radius 3 is 2.75 bits per heavy atom. The van der Waals surface area contributed by atoms with Crippen LogP contribution in [0.4, 0.5) is 0 Å². The molecule has 1 aromatic carbocycles. The zero-order valence-electron chi connectivity index (χ0n) is 12.6. The highest BCUT2D eigenvalue weighted by atomic mass is 16.5. The molecule has 0 aromatic heterocycles. The van der Waals surface area contributed by atoms with Crippen LogP contribution < -0.4 is 9.47 Å². The summed E-state index contributed by atoms with van der Waals surface area (Å²) in [6, 6.07) is 6.06. The third kappa shape index (κ3) is 3.64. The van der Waals surface area contributed by atoms with Crippen molar-refractivity contribution in [2.24, 2.45) is 5.92 Å². The van der Waals surface area contributed by atoms with E-state index in [0.29, 0.717) is 12.5 Å². The number of rotatable bonds is 7. The van der Waals surface area contributed by atoms with Crippen molar-refractivity contribution in [3.8, 4) is 11.5 Å². The highest BCUT2D eigenvalue weighted by Gasteiger charge is 2.26. The lowest BCUT2D eigenvalue weighted by atomic mass is 10.0. The van der Waals surface area contributed by atoms with E-state index in [9.17, 15) is 0 Å². The molecule has 0 spiro atoms. The Morgan fingerprint density at radius 2 is 2.15 bits per heavy atom. The predicted molar refractivity (Wildman–Crippen MR) is 77.6 cm³/mol. The van der Waals surface area contributed by atoms with Crippen molar-refractivity contribution in [1.82, 2.24) is 0 Å². The van der Waals surface area contributed by atoms with Gasteiger partial charge < -0.3 is 18.9 Å². The van der Waals surface area contributed by atoms with Gasteiger partial charge in [0.05, 0.1) is 19.8 Å². The van der Waals surface area contributed by atoms with Crippen molar-refractivity contribution < 1.29 is 18.9 Å². The lowest BCUT2D eigenvalue weighted by Gasteiger charge is -2.22. The van der Waals surface area contributed by atoms with E-state index in [1.165, 1.54) is 5.56 Å². The van der Waals surface area contributed by atoms with Crippen LogP contribution in [0.2, 0.25) is 0 Å². The van der Waals surface area contributed by atoms with E-state index in [1.54, 1.807) is 14.2 Å². The smallest absolute Gasteiger partial charge is 0.161 e. The van der Waals surface area contributed by atoms with Gasteiger partial charge in [-0.2, -0.15) is 0 Å². The minimum Gasteiger partial charge on any atom is -0.493 e. The molecule has 1 aliphatic rings. The van der Waals surface area contributed by atoms with E-state index in [4.69, 9.17) is 18.9 Å². The molecule has 2 rings (SSSR count). The standard InChI is InChI=1S/C16H24O4/c1-4-12-5-6-14(15(9-12)17-2)20-11-16(18-3)13-7-8-19-10-13/h5-6,9,13,16H,4,7-8,10-11H2,1-3H3. The maximum Gasteiger partial charge on any atom is 0.161 e. The first kappa shape index (κ1) is 15.1. The molecule has 0 aliphatic carbocycles. The molecule has 20 heavy (non-hydrogen) atoms. The van der Waals surface area contributed by atoms with Crippen LogP contribution in [-0.2, 0) is 15.9 Å². The Bertz CT molecular complexity index is 413. The molecule has 2 unspecified atom stereocenters. The molecule has 1 heterocycles. The highest BCUT2D eigenvalue weighted by molar-refractivity contribution is 5.42. The summed E-state index contributed by atoms with van der Waals surface area (Å²) in [6.45, 7) is 4.22. The Labute approximate surface area is 121 Å². The quantitative estimate of drug-likeness (QED) is 0.769. The van der Waals surface area contributed by atoms with Crippen LogP contribution in [0.1, 0.15) is 18.9 Å². The molecule has 4 heteroatoms. The van der Waals surface area contributed by atoms with Crippen LogP contribution in [0.5, 0.6) is 11.5 Å². The van der Waals surface area contributed by atoms with E-state index in [0.717, 1.165) is 37.6 Å². The first-order chi connectivity index (χ1) is 9.78. The number of methoxy groups -OCH3 is 2. The van der Waals surface area contributed by atoms with Gasteiger partial charge >= 0.3 is 0 Å². The van der Waals surface area contributed by atoms with Crippen LogP contribution in [0.3, 0.4) is 0 Å². The van der Waals surface area contributed by atoms with Gasteiger partial charge in [-0.15, -0.1) is 0 Å². The number of ether oxygens (including phenoxy) is 4.